The first-order valence-electron chi connectivity index (χ1n) is 6.12. The van der Waals surface area contributed by atoms with Crippen LogP contribution in [0.1, 0.15) is 25.3 Å². The number of nitrogens with one attached hydrogen (secondary N) is 1. The first-order valence-corrected chi connectivity index (χ1v) is 6.50. The van der Waals surface area contributed by atoms with E-state index in [0.717, 1.165) is 36.9 Å². The van der Waals surface area contributed by atoms with Crippen LogP contribution in [-0.4, -0.2) is 29.7 Å². The smallest absolute Gasteiger partial charge is 0.137 e. The summed E-state index contributed by atoms with van der Waals surface area (Å²) in [6.45, 7) is 4.40. The quantitative estimate of drug-likeness (QED) is 0.601. The van der Waals surface area contributed by atoms with Gasteiger partial charge in [-0.25, -0.2) is 9.97 Å². The van der Waals surface area contributed by atoms with Crippen molar-refractivity contribution in [2.24, 2.45) is 5.92 Å². The van der Waals surface area contributed by atoms with Gasteiger partial charge in [-0.2, -0.15) is 0 Å². The molecule has 94 valence electrons. The lowest BCUT2D eigenvalue weighted by Gasteiger charge is -2.10. The normalized spacial score (nSPS) is 14.9. The Labute approximate surface area is 107 Å². The summed E-state index contributed by atoms with van der Waals surface area (Å²) in [5.74, 6) is 1.64. The highest BCUT2D eigenvalue weighted by molar-refractivity contribution is 6.30. The monoisotopic (exact) mass is 255 g/mol. The van der Waals surface area contributed by atoms with Crippen molar-refractivity contribution in [2.45, 2.75) is 26.2 Å². The van der Waals surface area contributed by atoms with Gasteiger partial charge in [0, 0.05) is 18.7 Å². The lowest BCUT2D eigenvalue weighted by atomic mass is 10.2. The highest BCUT2D eigenvalue weighted by Gasteiger charge is 2.20. The molecular weight excluding hydrogens is 238 g/mol. The van der Waals surface area contributed by atoms with Crippen LogP contribution in [0.2, 0.25) is 5.15 Å². The summed E-state index contributed by atoms with van der Waals surface area (Å²) in [6.07, 6.45) is 4.96. The van der Waals surface area contributed by atoms with E-state index < -0.39 is 0 Å². The van der Waals surface area contributed by atoms with Crippen molar-refractivity contribution < 1.29 is 4.74 Å². The molecule has 4 nitrogen and oxygen atoms in total. The van der Waals surface area contributed by atoms with E-state index in [0.29, 0.717) is 11.8 Å². The minimum atomic E-state index is 0.531. The van der Waals surface area contributed by atoms with E-state index in [4.69, 9.17) is 16.3 Å². The summed E-state index contributed by atoms with van der Waals surface area (Å²) in [7, 11) is 0. The van der Waals surface area contributed by atoms with Gasteiger partial charge in [0.05, 0.1) is 6.61 Å². The van der Waals surface area contributed by atoms with Gasteiger partial charge in [0.1, 0.15) is 17.3 Å². The summed E-state index contributed by atoms with van der Waals surface area (Å²) >= 11 is 6.00. The second kappa shape index (κ2) is 6.17. The third-order valence-corrected chi connectivity index (χ3v) is 3.16. The zero-order chi connectivity index (χ0) is 12.1. The van der Waals surface area contributed by atoms with Crippen molar-refractivity contribution in [3.8, 4) is 0 Å². The van der Waals surface area contributed by atoms with Crippen LogP contribution in [0.5, 0.6) is 0 Å². The minimum absolute atomic E-state index is 0.531. The van der Waals surface area contributed by atoms with Gasteiger partial charge in [0.25, 0.3) is 0 Å². The fourth-order valence-corrected chi connectivity index (χ4v) is 1.90. The first kappa shape index (κ1) is 12.6. The number of hydrogen-bond acceptors (Lipinski definition) is 4. The molecule has 1 aromatic rings. The molecule has 17 heavy (non-hydrogen) atoms. The molecule has 2 rings (SSSR count). The molecule has 0 bridgehead atoms. The molecule has 0 spiro atoms. The molecule has 1 aliphatic rings. The standard InChI is InChI=1S/C12H18ClN3O/c1-2-10-11(13)15-8-16-12(10)14-5-6-17-7-9-3-4-9/h8-9H,2-7H2,1H3,(H,14,15,16). The molecule has 1 saturated carbocycles. The van der Waals surface area contributed by atoms with E-state index in [2.05, 4.69) is 15.3 Å². The van der Waals surface area contributed by atoms with Gasteiger partial charge < -0.3 is 10.1 Å². The van der Waals surface area contributed by atoms with Crippen LogP contribution in [0.15, 0.2) is 6.33 Å². The van der Waals surface area contributed by atoms with Crippen LogP contribution >= 0.6 is 11.6 Å². The largest absolute Gasteiger partial charge is 0.379 e. The summed E-state index contributed by atoms with van der Waals surface area (Å²) in [5, 5.41) is 3.77. The van der Waals surface area contributed by atoms with Crippen LogP contribution < -0.4 is 5.32 Å². The molecule has 1 fully saturated rings. The maximum Gasteiger partial charge on any atom is 0.137 e. The lowest BCUT2D eigenvalue weighted by molar-refractivity contribution is 0.134. The number of hydrogen-bond donors (Lipinski definition) is 1. The van der Waals surface area contributed by atoms with Crippen LogP contribution in [0.4, 0.5) is 5.82 Å². The van der Waals surface area contributed by atoms with Crippen LogP contribution in [0.3, 0.4) is 0 Å². The third-order valence-electron chi connectivity index (χ3n) is 2.84. The Morgan fingerprint density at radius 2 is 2.29 bits per heavy atom. The number of halogens is 1. The predicted octanol–water partition coefficient (Wildman–Crippen LogP) is 2.53. The molecule has 5 heteroatoms. The molecule has 0 unspecified atom stereocenters. The van der Waals surface area contributed by atoms with Gasteiger partial charge >= 0.3 is 0 Å². The Balaban J connectivity index is 1.75. The fraction of sp³-hybridized carbons (Fsp3) is 0.667. The second-order valence-electron chi connectivity index (χ2n) is 4.29. The lowest BCUT2D eigenvalue weighted by Crippen LogP contribution is -2.13. The molecule has 1 heterocycles. The first-order chi connectivity index (χ1) is 8.31. The van der Waals surface area contributed by atoms with Gasteiger partial charge in [0.15, 0.2) is 0 Å². The van der Waals surface area contributed by atoms with Crippen molar-refractivity contribution in [2.75, 3.05) is 25.1 Å². The molecule has 1 aromatic heterocycles. The van der Waals surface area contributed by atoms with Gasteiger partial charge in [-0.3, -0.25) is 0 Å². The molecule has 0 aromatic carbocycles. The van der Waals surface area contributed by atoms with E-state index in [1.165, 1.54) is 19.2 Å². The Hall–Kier alpha value is -0.870. The summed E-state index contributed by atoms with van der Waals surface area (Å²) < 4.78 is 5.54. The average Bonchev–Trinajstić information content (AvgIpc) is 3.13. The number of aromatic nitrogens is 2. The van der Waals surface area contributed by atoms with Crippen molar-refractivity contribution in [1.29, 1.82) is 0 Å². The van der Waals surface area contributed by atoms with E-state index in [1.807, 2.05) is 6.92 Å². The third kappa shape index (κ3) is 3.82. The van der Waals surface area contributed by atoms with Gasteiger partial charge in [-0.15, -0.1) is 0 Å². The number of nitrogens with zero attached hydrogens (tertiary/aromatic N) is 2. The Morgan fingerprint density at radius 3 is 3.00 bits per heavy atom. The highest BCUT2D eigenvalue weighted by atomic mass is 35.5. The van der Waals surface area contributed by atoms with Crippen LogP contribution in [0, 0.1) is 5.92 Å². The van der Waals surface area contributed by atoms with E-state index >= 15 is 0 Å². The molecule has 0 radical (unpaired) electrons. The van der Waals surface area contributed by atoms with E-state index in [1.54, 1.807) is 0 Å². The molecule has 1 aliphatic carbocycles. The Kier molecular flexibility index (Phi) is 4.57. The Morgan fingerprint density at radius 1 is 1.47 bits per heavy atom. The molecule has 1 N–H and O–H groups in total. The van der Waals surface area contributed by atoms with Crippen LogP contribution in [-0.2, 0) is 11.2 Å². The summed E-state index contributed by atoms with van der Waals surface area (Å²) in [5.41, 5.74) is 0.969. The SMILES string of the molecule is CCc1c(Cl)ncnc1NCCOCC1CC1. The average molecular weight is 256 g/mol. The van der Waals surface area contributed by atoms with E-state index in [-0.39, 0.29) is 0 Å². The predicted molar refractivity (Wildman–Crippen MR) is 68.5 cm³/mol. The zero-order valence-electron chi connectivity index (χ0n) is 10.1. The van der Waals surface area contributed by atoms with E-state index in [9.17, 15) is 0 Å². The number of anilines is 1. The maximum absolute atomic E-state index is 6.00. The molecule has 0 atom stereocenters. The molecule has 0 saturated heterocycles. The second-order valence-corrected chi connectivity index (χ2v) is 4.65. The topological polar surface area (TPSA) is 47.0 Å². The van der Waals surface area contributed by atoms with Crippen LogP contribution in [0.25, 0.3) is 0 Å². The molecule has 0 aliphatic heterocycles. The van der Waals surface area contributed by atoms with Crippen molar-refractivity contribution >= 4 is 17.4 Å². The summed E-state index contributed by atoms with van der Waals surface area (Å²) in [4.78, 5) is 8.16. The van der Waals surface area contributed by atoms with Gasteiger partial charge in [-0.1, -0.05) is 18.5 Å². The van der Waals surface area contributed by atoms with Crippen molar-refractivity contribution in [3.63, 3.8) is 0 Å². The van der Waals surface area contributed by atoms with Gasteiger partial charge in [-0.05, 0) is 25.2 Å². The highest BCUT2D eigenvalue weighted by Crippen LogP contribution is 2.28. The Bertz CT molecular complexity index is 369. The number of rotatable bonds is 7. The minimum Gasteiger partial charge on any atom is -0.379 e. The molecular formula is C12H18ClN3O. The fourth-order valence-electron chi connectivity index (χ4n) is 1.63. The van der Waals surface area contributed by atoms with Crippen molar-refractivity contribution in [3.05, 3.63) is 17.0 Å². The molecule has 0 amide bonds. The van der Waals surface area contributed by atoms with Crippen molar-refractivity contribution in [1.82, 2.24) is 9.97 Å². The summed E-state index contributed by atoms with van der Waals surface area (Å²) in [6, 6.07) is 0. The van der Waals surface area contributed by atoms with Gasteiger partial charge in [0.2, 0.25) is 0 Å². The number of ether oxygens (including phenoxy) is 1. The zero-order valence-corrected chi connectivity index (χ0v) is 10.8. The maximum atomic E-state index is 6.00.